The third-order valence-corrected chi connectivity index (χ3v) is 5.70. The number of hydrogen-bond donors (Lipinski definition) is 2. The van der Waals surface area contributed by atoms with Crippen molar-refractivity contribution in [2.75, 3.05) is 12.4 Å². The molecule has 3 aromatic heterocycles. The van der Waals surface area contributed by atoms with Crippen molar-refractivity contribution >= 4 is 11.4 Å². The van der Waals surface area contributed by atoms with Crippen molar-refractivity contribution in [1.82, 2.24) is 29.7 Å². The Kier molecular flexibility index (Phi) is 5.29. The zero-order chi connectivity index (χ0) is 23.9. The van der Waals surface area contributed by atoms with Gasteiger partial charge in [-0.1, -0.05) is 18.2 Å². The second kappa shape index (κ2) is 8.31. The fourth-order valence-corrected chi connectivity index (χ4v) is 3.84. The van der Waals surface area contributed by atoms with Crippen molar-refractivity contribution in [2.24, 2.45) is 7.05 Å². The molecule has 9 nitrogen and oxygen atoms in total. The van der Waals surface area contributed by atoms with Gasteiger partial charge >= 0.3 is 6.01 Å². The third-order valence-electron chi connectivity index (χ3n) is 5.70. The number of aliphatic hydroxyl groups is 1. The Morgan fingerprint density at radius 1 is 1.15 bits per heavy atom. The SMILES string of the molecule is COc1nc(C2=CNc3ncc(-c4cnn(C)c4)nc3C2)cc(C(C)(O)c2ccccc2F)n1. The van der Waals surface area contributed by atoms with Gasteiger partial charge in [-0.3, -0.25) is 4.68 Å². The number of nitrogens with zero attached hydrogens (tertiary/aromatic N) is 6. The van der Waals surface area contributed by atoms with Crippen molar-refractivity contribution in [3.8, 4) is 17.3 Å². The van der Waals surface area contributed by atoms with Gasteiger partial charge in [-0.25, -0.2) is 14.4 Å². The number of allylic oxidation sites excluding steroid dienone is 1. The van der Waals surface area contributed by atoms with Gasteiger partial charge in [0.2, 0.25) is 0 Å². The molecular formula is C24H22FN7O2. The lowest BCUT2D eigenvalue weighted by Gasteiger charge is -2.25. The van der Waals surface area contributed by atoms with Gasteiger partial charge in [-0.05, 0) is 19.1 Å². The summed E-state index contributed by atoms with van der Waals surface area (Å²) in [6, 6.07) is 7.74. The van der Waals surface area contributed by atoms with E-state index in [0.29, 0.717) is 23.6 Å². The molecule has 0 saturated carbocycles. The van der Waals surface area contributed by atoms with Crippen molar-refractivity contribution in [3.05, 3.63) is 83.6 Å². The molecule has 1 aliphatic heterocycles. The van der Waals surface area contributed by atoms with Gasteiger partial charge in [-0.15, -0.1) is 0 Å². The van der Waals surface area contributed by atoms with Gasteiger partial charge in [0.25, 0.3) is 0 Å². The Morgan fingerprint density at radius 3 is 2.71 bits per heavy atom. The smallest absolute Gasteiger partial charge is 0.316 e. The molecule has 1 atom stereocenters. The van der Waals surface area contributed by atoms with Crippen molar-refractivity contribution in [2.45, 2.75) is 18.9 Å². The number of halogens is 1. The van der Waals surface area contributed by atoms with Crippen LogP contribution in [0.3, 0.4) is 0 Å². The molecule has 1 aliphatic rings. The standard InChI is InChI=1S/C24H22FN7O2/c1-24(33,16-6-4-5-7-17(16)25)21-9-18(30-23(31-21)34-3)14-8-19-22(26-10-14)27-12-20(29-19)15-11-28-32(2)13-15/h4-7,9-13,33H,8H2,1-3H3,(H,26,27). The fourth-order valence-electron chi connectivity index (χ4n) is 3.84. The van der Waals surface area contributed by atoms with Gasteiger partial charge in [0.05, 0.1) is 42.3 Å². The Labute approximate surface area is 195 Å². The first-order valence-electron chi connectivity index (χ1n) is 10.6. The van der Waals surface area contributed by atoms with E-state index < -0.39 is 11.4 Å². The predicted octanol–water partition coefficient (Wildman–Crippen LogP) is 3.08. The van der Waals surface area contributed by atoms with Crippen LogP contribution in [0.15, 0.2) is 55.1 Å². The van der Waals surface area contributed by atoms with E-state index in [1.807, 2.05) is 13.2 Å². The van der Waals surface area contributed by atoms with Gasteiger partial charge < -0.3 is 15.2 Å². The average Bonchev–Trinajstić information content (AvgIpc) is 3.29. The number of hydrogen-bond acceptors (Lipinski definition) is 8. The second-order valence-electron chi connectivity index (χ2n) is 8.12. The zero-order valence-electron chi connectivity index (χ0n) is 18.8. The Balaban J connectivity index is 1.52. The van der Waals surface area contributed by atoms with E-state index in [2.05, 4.69) is 25.4 Å². The molecule has 0 spiro atoms. The van der Waals surface area contributed by atoms with Crippen LogP contribution < -0.4 is 10.1 Å². The number of anilines is 1. The minimum atomic E-state index is -1.70. The van der Waals surface area contributed by atoms with Crippen LogP contribution in [0.4, 0.5) is 10.2 Å². The Morgan fingerprint density at radius 2 is 1.97 bits per heavy atom. The molecule has 1 aromatic carbocycles. The van der Waals surface area contributed by atoms with Gasteiger partial charge in [0.1, 0.15) is 11.4 Å². The maximum Gasteiger partial charge on any atom is 0.316 e. The molecule has 10 heteroatoms. The third kappa shape index (κ3) is 3.88. The van der Waals surface area contributed by atoms with Crippen molar-refractivity contribution < 1.29 is 14.2 Å². The van der Waals surface area contributed by atoms with Crippen LogP contribution in [0.5, 0.6) is 6.01 Å². The van der Waals surface area contributed by atoms with Gasteiger partial charge in [-0.2, -0.15) is 15.1 Å². The van der Waals surface area contributed by atoms with Crippen molar-refractivity contribution in [1.29, 1.82) is 0 Å². The Bertz CT molecular complexity index is 1410. The number of rotatable bonds is 5. The number of aromatic nitrogens is 6. The summed E-state index contributed by atoms with van der Waals surface area (Å²) in [5, 5.41) is 18.6. The molecule has 0 fully saturated rings. The molecule has 5 rings (SSSR count). The van der Waals surface area contributed by atoms with Crippen LogP contribution in [0.2, 0.25) is 0 Å². The van der Waals surface area contributed by atoms with E-state index in [0.717, 1.165) is 16.8 Å². The van der Waals surface area contributed by atoms with Crippen LogP contribution in [0.1, 0.15) is 29.6 Å². The van der Waals surface area contributed by atoms with E-state index in [4.69, 9.17) is 9.72 Å². The van der Waals surface area contributed by atoms with Crippen molar-refractivity contribution in [3.63, 3.8) is 0 Å². The molecule has 0 bridgehead atoms. The second-order valence-corrected chi connectivity index (χ2v) is 8.12. The number of methoxy groups -OCH3 is 1. The maximum absolute atomic E-state index is 14.5. The highest BCUT2D eigenvalue weighted by molar-refractivity contribution is 5.73. The van der Waals surface area contributed by atoms with Gasteiger partial charge in [0, 0.05) is 42.6 Å². The molecule has 34 heavy (non-hydrogen) atoms. The summed E-state index contributed by atoms with van der Waals surface area (Å²) in [5.41, 5.74) is 2.22. The molecule has 0 saturated heterocycles. The lowest BCUT2D eigenvalue weighted by Crippen LogP contribution is -2.26. The number of aryl methyl sites for hydroxylation is 1. The maximum atomic E-state index is 14.5. The van der Waals surface area contributed by atoms with E-state index in [9.17, 15) is 9.50 Å². The van der Waals surface area contributed by atoms with Crippen LogP contribution in [0.25, 0.3) is 16.8 Å². The monoisotopic (exact) mass is 459 g/mol. The number of fused-ring (bicyclic) bond motifs is 1. The lowest BCUT2D eigenvalue weighted by molar-refractivity contribution is 0.0921. The van der Waals surface area contributed by atoms with Crippen LogP contribution >= 0.6 is 0 Å². The minimum Gasteiger partial charge on any atom is -0.467 e. The minimum absolute atomic E-state index is 0.0611. The fraction of sp³-hybridized carbons (Fsp3) is 0.208. The molecular weight excluding hydrogens is 437 g/mol. The van der Waals surface area contributed by atoms with Crippen LogP contribution in [-0.4, -0.2) is 41.9 Å². The molecule has 2 N–H and O–H groups in total. The van der Waals surface area contributed by atoms with Gasteiger partial charge in [0.15, 0.2) is 5.82 Å². The first kappa shape index (κ1) is 21.7. The largest absolute Gasteiger partial charge is 0.467 e. The molecule has 172 valence electrons. The van der Waals surface area contributed by atoms with Crippen LogP contribution in [-0.2, 0) is 19.1 Å². The van der Waals surface area contributed by atoms with E-state index in [-0.39, 0.29) is 17.3 Å². The summed E-state index contributed by atoms with van der Waals surface area (Å²) in [5.74, 6) is 0.119. The summed E-state index contributed by atoms with van der Waals surface area (Å²) in [6.45, 7) is 1.49. The highest BCUT2D eigenvalue weighted by Gasteiger charge is 2.32. The molecule has 0 radical (unpaired) electrons. The number of ether oxygens (including phenoxy) is 1. The molecule has 0 aliphatic carbocycles. The molecule has 4 aromatic rings. The number of benzene rings is 1. The highest BCUT2D eigenvalue weighted by atomic mass is 19.1. The van der Waals surface area contributed by atoms with E-state index >= 15 is 0 Å². The van der Waals surface area contributed by atoms with E-state index in [1.165, 1.54) is 26.2 Å². The van der Waals surface area contributed by atoms with E-state index in [1.54, 1.807) is 41.5 Å². The summed E-state index contributed by atoms with van der Waals surface area (Å²) in [6.07, 6.45) is 7.51. The normalized spacial score (nSPS) is 14.6. The topological polar surface area (TPSA) is 111 Å². The summed E-state index contributed by atoms with van der Waals surface area (Å²) >= 11 is 0. The first-order valence-corrected chi connectivity index (χ1v) is 10.6. The zero-order valence-corrected chi connectivity index (χ0v) is 18.8. The summed E-state index contributed by atoms with van der Waals surface area (Å²) in [7, 11) is 3.28. The first-order chi connectivity index (χ1) is 16.3. The summed E-state index contributed by atoms with van der Waals surface area (Å²) < 4.78 is 21.5. The number of nitrogens with one attached hydrogen (secondary N) is 1. The highest BCUT2D eigenvalue weighted by Crippen LogP contribution is 2.34. The Hall–Kier alpha value is -4.18. The molecule has 0 amide bonds. The molecule has 4 heterocycles. The van der Waals surface area contributed by atoms with Crippen LogP contribution in [0, 0.1) is 5.82 Å². The average molecular weight is 459 g/mol. The quantitative estimate of drug-likeness (QED) is 0.469. The lowest BCUT2D eigenvalue weighted by atomic mass is 9.90. The summed E-state index contributed by atoms with van der Waals surface area (Å²) in [4.78, 5) is 18.0. The predicted molar refractivity (Wildman–Crippen MR) is 123 cm³/mol. The molecule has 1 unspecified atom stereocenters.